The van der Waals surface area contributed by atoms with E-state index in [-0.39, 0.29) is 36.6 Å². The van der Waals surface area contributed by atoms with Crippen molar-refractivity contribution in [1.82, 2.24) is 40.4 Å². The minimum absolute atomic E-state index is 0.00156. The molecule has 3 unspecified atom stereocenters. The van der Waals surface area contributed by atoms with E-state index in [1.165, 1.54) is 41.4 Å². The Morgan fingerprint density at radius 3 is 2.34 bits per heavy atom. The zero-order chi connectivity index (χ0) is 41.6. The van der Waals surface area contributed by atoms with Crippen molar-refractivity contribution in [2.24, 2.45) is 17.3 Å². The second kappa shape index (κ2) is 18.9. The maximum absolute atomic E-state index is 14.9. The molecule has 1 aliphatic heterocycles. The van der Waals surface area contributed by atoms with Crippen LogP contribution in [0.2, 0.25) is 5.02 Å². The monoisotopic (exact) mass is 835 g/mol. The van der Waals surface area contributed by atoms with Crippen molar-refractivity contribution in [3.8, 4) is 17.3 Å². The molecule has 1 saturated heterocycles. The maximum atomic E-state index is 14.9. The first-order valence-corrected chi connectivity index (χ1v) is 21.4. The van der Waals surface area contributed by atoms with Gasteiger partial charge in [-0.25, -0.2) is 9.97 Å². The number of carbonyl (C=O) groups is 5. The van der Waals surface area contributed by atoms with Gasteiger partial charge in [-0.2, -0.15) is 0 Å². The number of likely N-dealkylation sites (tertiary alicyclic amines) is 1. The number of thiazole rings is 1. The van der Waals surface area contributed by atoms with Gasteiger partial charge in [0.1, 0.15) is 35.6 Å². The molecule has 0 spiro atoms. The van der Waals surface area contributed by atoms with E-state index in [9.17, 15) is 24.0 Å². The fraction of sp³-hybridized carbons (Fsp3) is 0.585. The number of aromatic nitrogens is 4. The number of rotatable bonds is 15. The van der Waals surface area contributed by atoms with Crippen LogP contribution in [0.4, 0.5) is 5.13 Å². The predicted molar refractivity (Wildman–Crippen MR) is 220 cm³/mol. The Labute approximate surface area is 348 Å². The molecule has 312 valence electrons. The van der Waals surface area contributed by atoms with Crippen molar-refractivity contribution in [2.75, 3.05) is 26.0 Å². The van der Waals surface area contributed by atoms with Crippen LogP contribution in [-0.2, 0) is 24.0 Å². The van der Waals surface area contributed by atoms with Gasteiger partial charge >= 0.3 is 0 Å². The van der Waals surface area contributed by atoms with Gasteiger partial charge < -0.3 is 30.5 Å². The zero-order valence-electron chi connectivity index (χ0n) is 33.8. The molecule has 5 atom stereocenters. The number of ether oxygens (including phenoxy) is 1. The number of ketones is 1. The van der Waals surface area contributed by atoms with Gasteiger partial charge in [-0.1, -0.05) is 70.9 Å². The third kappa shape index (κ3) is 10.7. The molecule has 6 rings (SSSR count). The summed E-state index contributed by atoms with van der Waals surface area (Å²) in [4.78, 5) is 90.2. The molecular weight excluding hydrogens is 782 g/mol. The van der Waals surface area contributed by atoms with Gasteiger partial charge in [0, 0.05) is 50.6 Å². The number of nitrogens with one attached hydrogen (secondary N) is 3. The van der Waals surface area contributed by atoms with E-state index in [4.69, 9.17) is 21.3 Å². The van der Waals surface area contributed by atoms with Gasteiger partial charge in [0.05, 0.1) is 23.8 Å². The first kappa shape index (κ1) is 42.9. The Morgan fingerprint density at radius 1 is 0.966 bits per heavy atom. The van der Waals surface area contributed by atoms with Gasteiger partial charge in [-0.15, -0.1) is 11.3 Å². The van der Waals surface area contributed by atoms with Crippen molar-refractivity contribution in [3.63, 3.8) is 0 Å². The summed E-state index contributed by atoms with van der Waals surface area (Å²) in [6.07, 6.45) is 13.6. The summed E-state index contributed by atoms with van der Waals surface area (Å²) < 4.78 is 6.19. The molecule has 15 nitrogen and oxygen atoms in total. The summed E-state index contributed by atoms with van der Waals surface area (Å²) in [5, 5.41) is 12.2. The first-order chi connectivity index (χ1) is 27.7. The van der Waals surface area contributed by atoms with Crippen LogP contribution in [0.15, 0.2) is 42.3 Å². The Balaban J connectivity index is 1.26. The average molecular weight is 836 g/mol. The van der Waals surface area contributed by atoms with Crippen molar-refractivity contribution in [1.29, 1.82) is 0 Å². The lowest BCUT2D eigenvalue weighted by atomic mass is 9.80. The zero-order valence-corrected chi connectivity index (χ0v) is 35.4. The van der Waals surface area contributed by atoms with E-state index in [0.29, 0.717) is 28.0 Å². The number of hydrogen-bond donors (Lipinski definition) is 3. The van der Waals surface area contributed by atoms with Crippen LogP contribution in [0.3, 0.4) is 0 Å². The molecule has 4 heterocycles. The van der Waals surface area contributed by atoms with E-state index in [2.05, 4.69) is 30.9 Å². The Hall–Kier alpha value is -4.70. The van der Waals surface area contributed by atoms with Crippen LogP contribution < -0.4 is 20.7 Å². The van der Waals surface area contributed by atoms with Crippen LogP contribution >= 0.6 is 22.9 Å². The largest absolute Gasteiger partial charge is 0.472 e. The van der Waals surface area contributed by atoms with Crippen molar-refractivity contribution < 1.29 is 28.7 Å². The number of likely N-dealkylation sites (N-methyl/N-ethyl adjacent to an activating group) is 1. The molecule has 2 aliphatic carbocycles. The molecule has 4 amide bonds. The minimum atomic E-state index is -1.07. The highest BCUT2D eigenvalue weighted by atomic mass is 35.5. The topological polar surface area (TPSA) is 189 Å². The number of Topliss-reactive ketones (excluding diaryl/α,β-unsaturated/α-hetero) is 1. The molecule has 3 aromatic rings. The van der Waals surface area contributed by atoms with Crippen molar-refractivity contribution in [3.05, 3.63) is 47.3 Å². The minimum Gasteiger partial charge on any atom is -0.472 e. The lowest BCUT2D eigenvalue weighted by Gasteiger charge is -2.37. The molecule has 58 heavy (non-hydrogen) atoms. The predicted octanol–water partition coefficient (Wildman–Crippen LogP) is 4.92. The maximum Gasteiger partial charge on any atom is 0.291 e. The molecule has 3 fully saturated rings. The Kier molecular flexibility index (Phi) is 14.0. The highest BCUT2D eigenvalue weighted by Crippen LogP contribution is 2.34. The summed E-state index contributed by atoms with van der Waals surface area (Å²) in [6, 6.07) is -0.616. The van der Waals surface area contributed by atoms with E-state index >= 15 is 0 Å². The fourth-order valence-electron chi connectivity index (χ4n) is 7.84. The second-order valence-corrected chi connectivity index (χ2v) is 18.2. The number of halogens is 1. The van der Waals surface area contributed by atoms with Crippen LogP contribution in [0.25, 0.3) is 11.4 Å². The second-order valence-electron chi connectivity index (χ2n) is 16.9. The molecule has 3 N–H and O–H groups in total. The van der Waals surface area contributed by atoms with Crippen LogP contribution in [0.5, 0.6) is 5.88 Å². The number of anilines is 1. The molecule has 0 aromatic carbocycles. The first-order valence-electron chi connectivity index (χ1n) is 20.1. The highest BCUT2D eigenvalue weighted by Gasteiger charge is 2.47. The van der Waals surface area contributed by atoms with Crippen LogP contribution in [-0.4, -0.2) is 110 Å². The summed E-state index contributed by atoms with van der Waals surface area (Å²) in [5.41, 5.74) is 0.464. The normalized spacial score (nSPS) is 20.3. The quantitative estimate of drug-likeness (QED) is 0.176. The van der Waals surface area contributed by atoms with Gasteiger partial charge in [0.15, 0.2) is 5.13 Å². The van der Waals surface area contributed by atoms with E-state index in [1.807, 2.05) is 26.2 Å². The van der Waals surface area contributed by atoms with Crippen molar-refractivity contribution >= 4 is 57.5 Å². The number of hydrogen-bond acceptors (Lipinski definition) is 12. The molecule has 2 saturated carbocycles. The third-order valence-electron chi connectivity index (χ3n) is 11.3. The third-order valence-corrected chi connectivity index (χ3v) is 12.3. The van der Waals surface area contributed by atoms with Crippen LogP contribution in [0.1, 0.15) is 85.0 Å². The smallest absolute Gasteiger partial charge is 0.291 e. The highest BCUT2D eigenvalue weighted by molar-refractivity contribution is 7.14. The van der Waals surface area contributed by atoms with E-state index < -0.39 is 59.2 Å². The molecular formula is C41H54ClN9O6S. The number of carbonyl (C=O) groups excluding carboxylic acids is 5. The summed E-state index contributed by atoms with van der Waals surface area (Å²) >= 11 is 7.43. The summed E-state index contributed by atoms with van der Waals surface area (Å²) in [5.74, 6) is -2.33. The van der Waals surface area contributed by atoms with Gasteiger partial charge in [-0.05, 0) is 42.6 Å². The van der Waals surface area contributed by atoms with Gasteiger partial charge in [0.25, 0.3) is 5.91 Å². The number of pyridine rings is 1. The molecule has 17 heteroatoms. The number of amides is 4. The average Bonchev–Trinajstić information content (AvgIpc) is 3.84. The Morgan fingerprint density at radius 2 is 1.72 bits per heavy atom. The standard InChI is InChI=1S/C41H54ClN9O6S/c1-41(2,3)35(49-37(54)33(25-12-7-6-8-13-25)48-40-47-30(23-58-40)29-21-43-16-17-44-29)39(56)51-22-27(57-32-15-14-26(42)20-45-32)19-31(51)36(53)46-28(18-24-10-9-11-24)34(52)38(55)50(4)5/h14-17,20-21,23-25,27-28,31,33,35H,6-13,18-19,22H2,1-5H3,(H,46,53)(H,47,48)(H,49,54)/t27?,28?,31?,33-,35-/m0/s1. The lowest BCUT2D eigenvalue weighted by Crippen LogP contribution is -2.61. The van der Waals surface area contributed by atoms with Crippen LogP contribution in [0, 0.1) is 17.3 Å². The van der Waals surface area contributed by atoms with Crippen molar-refractivity contribution in [2.45, 2.75) is 115 Å². The number of nitrogens with zero attached hydrogens (tertiary/aromatic N) is 6. The molecule has 0 radical (unpaired) electrons. The van der Waals surface area contributed by atoms with Gasteiger partial charge in [0.2, 0.25) is 29.4 Å². The molecule has 3 aliphatic rings. The SMILES string of the molecule is CN(C)C(=O)C(=O)C(CC1CCC1)NC(=O)C1CC(Oc2ccc(Cl)cn2)CN1C(=O)[C@H](NC(=O)[C@@H](Nc1nc(-c2cnccn2)cs1)C1CCCCC1)C(C)(C)C. The summed E-state index contributed by atoms with van der Waals surface area (Å²) in [6.45, 7) is 5.60. The fourth-order valence-corrected chi connectivity index (χ4v) is 8.70. The van der Waals surface area contributed by atoms with E-state index in [0.717, 1.165) is 51.4 Å². The lowest BCUT2D eigenvalue weighted by molar-refractivity contribution is -0.147. The van der Waals surface area contributed by atoms with E-state index in [1.54, 1.807) is 30.7 Å². The summed E-state index contributed by atoms with van der Waals surface area (Å²) in [7, 11) is 2.99. The molecule has 0 bridgehead atoms. The molecule has 3 aromatic heterocycles. The Bertz CT molecular complexity index is 1910. The van der Waals surface area contributed by atoms with Gasteiger partial charge in [-0.3, -0.25) is 33.9 Å².